The number of nitrogens with one attached hydrogen (secondary N) is 1. The number of rotatable bonds is 7. The number of primary amides is 1. The van der Waals surface area contributed by atoms with Crippen LogP contribution in [0.5, 0.6) is 0 Å². The minimum absolute atomic E-state index is 0.541. The Morgan fingerprint density at radius 3 is 2.75 bits per heavy atom. The molecular formula is C14H23N3O2S. The summed E-state index contributed by atoms with van der Waals surface area (Å²) in [6.07, 6.45) is 2.87. The standard InChI is InChI=1S/C14H23N3O2S/c1-14(2,19-13(16)18)7-4-8-17-12-9-10(20-3)5-6-11(12)15/h5-6,9,17H,4,7-8,15H2,1-3H3,(H2,16,18). The number of anilines is 2. The fraction of sp³-hybridized carbons (Fsp3) is 0.500. The summed E-state index contributed by atoms with van der Waals surface area (Å²) in [5.41, 5.74) is 12.1. The molecule has 1 rings (SSSR count). The number of nitrogen functional groups attached to an aromatic ring is 1. The molecular weight excluding hydrogens is 274 g/mol. The summed E-state index contributed by atoms with van der Waals surface area (Å²) >= 11 is 1.68. The van der Waals surface area contributed by atoms with E-state index in [1.54, 1.807) is 11.8 Å². The maximum Gasteiger partial charge on any atom is 0.405 e. The molecule has 1 amide bonds. The van der Waals surface area contributed by atoms with Gasteiger partial charge < -0.3 is 21.5 Å². The molecule has 0 radical (unpaired) electrons. The first kappa shape index (κ1) is 16.5. The molecule has 0 heterocycles. The fourth-order valence-corrected chi connectivity index (χ4v) is 2.32. The summed E-state index contributed by atoms with van der Waals surface area (Å²) in [4.78, 5) is 11.9. The van der Waals surface area contributed by atoms with Gasteiger partial charge in [-0.25, -0.2) is 4.79 Å². The summed E-state index contributed by atoms with van der Waals surface area (Å²) in [6.45, 7) is 4.45. The second-order valence-corrected chi connectivity index (χ2v) is 6.04. The largest absolute Gasteiger partial charge is 0.444 e. The van der Waals surface area contributed by atoms with Crippen LogP contribution < -0.4 is 16.8 Å². The summed E-state index contributed by atoms with van der Waals surface area (Å²) in [6, 6.07) is 5.92. The first-order chi connectivity index (χ1) is 9.34. The van der Waals surface area contributed by atoms with Gasteiger partial charge in [-0.2, -0.15) is 0 Å². The Balaban J connectivity index is 2.43. The van der Waals surface area contributed by atoms with Crippen LogP contribution in [0.2, 0.25) is 0 Å². The van der Waals surface area contributed by atoms with E-state index in [4.69, 9.17) is 16.2 Å². The van der Waals surface area contributed by atoms with Crippen LogP contribution in [0.25, 0.3) is 0 Å². The predicted molar refractivity (Wildman–Crippen MR) is 85.1 cm³/mol. The first-order valence-corrected chi connectivity index (χ1v) is 7.72. The van der Waals surface area contributed by atoms with Gasteiger partial charge in [0.25, 0.3) is 0 Å². The van der Waals surface area contributed by atoms with E-state index < -0.39 is 11.7 Å². The molecule has 0 bridgehead atoms. The maximum absolute atomic E-state index is 10.7. The summed E-state index contributed by atoms with van der Waals surface area (Å²) in [5, 5.41) is 3.30. The normalized spacial score (nSPS) is 11.2. The highest BCUT2D eigenvalue weighted by Gasteiger charge is 2.20. The average molecular weight is 297 g/mol. The molecule has 0 atom stereocenters. The number of amides is 1. The van der Waals surface area contributed by atoms with Crippen LogP contribution >= 0.6 is 11.8 Å². The van der Waals surface area contributed by atoms with Crippen molar-refractivity contribution < 1.29 is 9.53 Å². The summed E-state index contributed by atoms with van der Waals surface area (Å²) in [7, 11) is 0. The zero-order valence-corrected chi connectivity index (χ0v) is 13.0. The topological polar surface area (TPSA) is 90.4 Å². The van der Waals surface area contributed by atoms with Crippen molar-refractivity contribution in [2.24, 2.45) is 5.73 Å². The highest BCUT2D eigenvalue weighted by Crippen LogP contribution is 2.25. The highest BCUT2D eigenvalue weighted by molar-refractivity contribution is 7.98. The fourth-order valence-electron chi connectivity index (χ4n) is 1.88. The molecule has 0 aromatic heterocycles. The molecule has 112 valence electrons. The number of carbonyl (C=O) groups is 1. The van der Waals surface area contributed by atoms with Crippen molar-refractivity contribution in [1.82, 2.24) is 0 Å². The van der Waals surface area contributed by atoms with Crippen LogP contribution in [0, 0.1) is 0 Å². The molecule has 0 unspecified atom stereocenters. The van der Waals surface area contributed by atoms with Gasteiger partial charge in [-0.1, -0.05) is 0 Å². The van der Waals surface area contributed by atoms with Gasteiger partial charge in [-0.05, 0) is 51.1 Å². The molecule has 0 saturated heterocycles. The second kappa shape index (κ2) is 7.28. The quantitative estimate of drug-likeness (QED) is 0.409. The van der Waals surface area contributed by atoms with Gasteiger partial charge in [0.15, 0.2) is 0 Å². The van der Waals surface area contributed by atoms with Gasteiger partial charge >= 0.3 is 6.09 Å². The highest BCUT2D eigenvalue weighted by atomic mass is 32.2. The Kier molecular flexibility index (Phi) is 6.01. The Bertz CT molecular complexity index is 464. The van der Waals surface area contributed by atoms with Crippen LogP contribution in [-0.4, -0.2) is 24.5 Å². The van der Waals surface area contributed by atoms with Gasteiger partial charge in [-0.3, -0.25) is 0 Å². The zero-order valence-electron chi connectivity index (χ0n) is 12.2. The van der Waals surface area contributed by atoms with Crippen LogP contribution in [-0.2, 0) is 4.74 Å². The van der Waals surface area contributed by atoms with E-state index in [2.05, 4.69) is 5.32 Å². The molecule has 1 aromatic carbocycles. The number of ether oxygens (including phenoxy) is 1. The third-order valence-corrected chi connectivity index (χ3v) is 3.63. The summed E-state index contributed by atoms with van der Waals surface area (Å²) < 4.78 is 5.03. The first-order valence-electron chi connectivity index (χ1n) is 6.50. The lowest BCUT2D eigenvalue weighted by atomic mass is 10.0. The molecule has 0 spiro atoms. The predicted octanol–water partition coefficient (Wildman–Crippen LogP) is 3.06. The Morgan fingerprint density at radius 2 is 2.15 bits per heavy atom. The Morgan fingerprint density at radius 1 is 1.45 bits per heavy atom. The number of hydrogen-bond donors (Lipinski definition) is 3. The average Bonchev–Trinajstić information content (AvgIpc) is 2.35. The van der Waals surface area contributed by atoms with E-state index in [1.165, 1.54) is 4.90 Å². The molecule has 20 heavy (non-hydrogen) atoms. The Labute approximate surface area is 124 Å². The maximum atomic E-state index is 10.7. The molecule has 0 aliphatic carbocycles. The second-order valence-electron chi connectivity index (χ2n) is 5.16. The van der Waals surface area contributed by atoms with E-state index in [0.29, 0.717) is 0 Å². The van der Waals surface area contributed by atoms with Crippen molar-refractivity contribution in [3.05, 3.63) is 18.2 Å². The van der Waals surface area contributed by atoms with E-state index in [-0.39, 0.29) is 0 Å². The minimum atomic E-state index is -0.736. The smallest absolute Gasteiger partial charge is 0.405 e. The monoisotopic (exact) mass is 297 g/mol. The van der Waals surface area contributed by atoms with Crippen molar-refractivity contribution in [2.45, 2.75) is 37.2 Å². The van der Waals surface area contributed by atoms with Gasteiger partial charge in [0.1, 0.15) is 5.60 Å². The number of nitrogens with two attached hydrogens (primary N) is 2. The third-order valence-electron chi connectivity index (χ3n) is 2.91. The van der Waals surface area contributed by atoms with Gasteiger partial charge in [0.05, 0.1) is 11.4 Å². The SMILES string of the molecule is CSc1ccc(N)c(NCCCC(C)(C)OC(N)=O)c1. The minimum Gasteiger partial charge on any atom is -0.444 e. The van der Waals surface area contributed by atoms with E-state index in [0.717, 1.165) is 30.8 Å². The molecule has 0 saturated carbocycles. The number of carbonyl (C=O) groups excluding carboxylic acids is 1. The third kappa shape index (κ3) is 5.61. The van der Waals surface area contributed by atoms with Gasteiger partial charge in [0.2, 0.25) is 0 Å². The molecule has 5 nitrogen and oxygen atoms in total. The van der Waals surface area contributed by atoms with Crippen molar-refractivity contribution >= 4 is 29.2 Å². The van der Waals surface area contributed by atoms with E-state index in [9.17, 15) is 4.79 Å². The lowest BCUT2D eigenvalue weighted by Crippen LogP contribution is -2.31. The lowest BCUT2D eigenvalue weighted by molar-refractivity contribution is 0.0384. The molecule has 6 heteroatoms. The van der Waals surface area contributed by atoms with Crippen LogP contribution in [0.3, 0.4) is 0 Å². The van der Waals surface area contributed by atoms with Crippen molar-refractivity contribution in [3.8, 4) is 0 Å². The Hall–Kier alpha value is -1.56. The molecule has 5 N–H and O–H groups in total. The zero-order chi connectivity index (χ0) is 15.2. The van der Waals surface area contributed by atoms with Gasteiger partial charge in [0, 0.05) is 11.4 Å². The molecule has 1 aromatic rings. The van der Waals surface area contributed by atoms with E-state index >= 15 is 0 Å². The van der Waals surface area contributed by atoms with E-state index in [1.807, 2.05) is 38.3 Å². The number of benzene rings is 1. The van der Waals surface area contributed by atoms with Crippen molar-refractivity contribution in [3.63, 3.8) is 0 Å². The van der Waals surface area contributed by atoms with Crippen LogP contribution in [0.4, 0.5) is 16.2 Å². The summed E-state index contributed by atoms with van der Waals surface area (Å²) in [5.74, 6) is 0. The number of hydrogen-bond acceptors (Lipinski definition) is 5. The number of thioether (sulfide) groups is 1. The van der Waals surface area contributed by atoms with Gasteiger partial charge in [-0.15, -0.1) is 11.8 Å². The lowest BCUT2D eigenvalue weighted by Gasteiger charge is -2.24. The molecule has 0 fully saturated rings. The van der Waals surface area contributed by atoms with Crippen molar-refractivity contribution in [1.29, 1.82) is 0 Å². The van der Waals surface area contributed by atoms with Crippen molar-refractivity contribution in [2.75, 3.05) is 23.9 Å². The molecule has 0 aliphatic rings. The molecule has 0 aliphatic heterocycles. The van der Waals surface area contributed by atoms with Crippen LogP contribution in [0.1, 0.15) is 26.7 Å². The van der Waals surface area contributed by atoms with Crippen LogP contribution in [0.15, 0.2) is 23.1 Å².